The summed E-state index contributed by atoms with van der Waals surface area (Å²) in [5.74, 6) is 0.644. The molecule has 0 aromatic heterocycles. The molecule has 2 aliphatic rings. The molecule has 0 amide bonds. The standard InChI is InChI=1S/C17H33NO2/c1-12-8-6-7-9-14(12)20-11-13(19)10-18-15-16(2,3)17(15,4)5/h12-15,18-19H,6-11H2,1-5H3. The smallest absolute Gasteiger partial charge is 0.0897 e. The van der Waals surface area contributed by atoms with Gasteiger partial charge < -0.3 is 15.2 Å². The van der Waals surface area contributed by atoms with Crippen molar-refractivity contribution in [1.82, 2.24) is 5.32 Å². The van der Waals surface area contributed by atoms with E-state index >= 15 is 0 Å². The van der Waals surface area contributed by atoms with Gasteiger partial charge in [-0.15, -0.1) is 0 Å². The van der Waals surface area contributed by atoms with E-state index in [9.17, 15) is 5.11 Å². The summed E-state index contributed by atoms with van der Waals surface area (Å²) in [7, 11) is 0. The van der Waals surface area contributed by atoms with Crippen molar-refractivity contribution in [3.8, 4) is 0 Å². The topological polar surface area (TPSA) is 41.5 Å². The summed E-state index contributed by atoms with van der Waals surface area (Å²) in [6.07, 6.45) is 4.99. The lowest BCUT2D eigenvalue weighted by Crippen LogP contribution is -2.36. The fourth-order valence-electron chi connectivity index (χ4n) is 3.78. The van der Waals surface area contributed by atoms with Crippen molar-refractivity contribution in [2.24, 2.45) is 16.7 Å². The number of aliphatic hydroxyl groups is 1. The van der Waals surface area contributed by atoms with Crippen molar-refractivity contribution in [2.75, 3.05) is 13.2 Å². The van der Waals surface area contributed by atoms with E-state index < -0.39 is 6.10 Å². The van der Waals surface area contributed by atoms with Gasteiger partial charge in [0.05, 0.1) is 18.8 Å². The van der Waals surface area contributed by atoms with E-state index in [1.165, 1.54) is 19.3 Å². The zero-order valence-electron chi connectivity index (χ0n) is 13.9. The predicted molar refractivity (Wildman–Crippen MR) is 82.7 cm³/mol. The second-order valence-corrected chi connectivity index (χ2v) is 8.07. The molecule has 2 fully saturated rings. The van der Waals surface area contributed by atoms with Crippen molar-refractivity contribution in [1.29, 1.82) is 0 Å². The second kappa shape index (κ2) is 5.94. The Balaban J connectivity index is 1.65. The molecule has 0 heterocycles. The highest BCUT2D eigenvalue weighted by Crippen LogP contribution is 2.62. The van der Waals surface area contributed by atoms with Gasteiger partial charge in [-0.3, -0.25) is 0 Å². The molecule has 118 valence electrons. The van der Waals surface area contributed by atoms with E-state index in [1.54, 1.807) is 0 Å². The van der Waals surface area contributed by atoms with Crippen LogP contribution in [0, 0.1) is 16.7 Å². The van der Waals surface area contributed by atoms with Crippen LogP contribution >= 0.6 is 0 Å². The molecule has 2 N–H and O–H groups in total. The van der Waals surface area contributed by atoms with Crippen LogP contribution in [0.25, 0.3) is 0 Å². The molecular formula is C17H33NO2. The van der Waals surface area contributed by atoms with Crippen LogP contribution in [0.15, 0.2) is 0 Å². The zero-order chi connectivity index (χ0) is 15.0. The minimum Gasteiger partial charge on any atom is -0.389 e. The summed E-state index contributed by atoms with van der Waals surface area (Å²) in [5, 5.41) is 13.6. The lowest BCUT2D eigenvalue weighted by atomic mass is 9.88. The molecule has 0 spiro atoms. The lowest BCUT2D eigenvalue weighted by molar-refractivity contribution is -0.0454. The first-order chi connectivity index (χ1) is 9.26. The normalized spacial score (nSPS) is 33.9. The highest BCUT2D eigenvalue weighted by Gasteiger charge is 2.64. The van der Waals surface area contributed by atoms with Crippen LogP contribution < -0.4 is 5.32 Å². The molecule has 3 nitrogen and oxygen atoms in total. The molecule has 0 saturated heterocycles. The molecule has 0 aliphatic heterocycles. The maximum absolute atomic E-state index is 10.1. The van der Waals surface area contributed by atoms with E-state index in [0.717, 1.165) is 6.42 Å². The summed E-state index contributed by atoms with van der Waals surface area (Å²) in [6, 6.07) is 0.498. The Morgan fingerprint density at radius 3 is 2.30 bits per heavy atom. The first kappa shape index (κ1) is 16.3. The van der Waals surface area contributed by atoms with Crippen LogP contribution in [0.3, 0.4) is 0 Å². The van der Waals surface area contributed by atoms with Crippen molar-refractivity contribution < 1.29 is 9.84 Å². The molecule has 3 unspecified atom stereocenters. The van der Waals surface area contributed by atoms with E-state index in [-0.39, 0.29) is 0 Å². The molecule has 2 rings (SSSR count). The van der Waals surface area contributed by atoms with Crippen molar-refractivity contribution in [3.63, 3.8) is 0 Å². The summed E-state index contributed by atoms with van der Waals surface area (Å²) in [6.45, 7) is 12.5. The molecule has 2 aliphatic carbocycles. The first-order valence-electron chi connectivity index (χ1n) is 8.30. The monoisotopic (exact) mass is 283 g/mol. The van der Waals surface area contributed by atoms with Crippen LogP contribution in [-0.2, 0) is 4.74 Å². The summed E-state index contributed by atoms with van der Waals surface area (Å²) in [5.41, 5.74) is 0.650. The molecule has 2 saturated carbocycles. The van der Waals surface area contributed by atoms with Crippen molar-refractivity contribution in [3.05, 3.63) is 0 Å². The van der Waals surface area contributed by atoms with E-state index in [4.69, 9.17) is 4.74 Å². The van der Waals surface area contributed by atoms with Gasteiger partial charge in [-0.1, -0.05) is 47.5 Å². The Labute approximate surface area is 124 Å². The second-order valence-electron chi connectivity index (χ2n) is 8.07. The number of ether oxygens (including phenoxy) is 1. The molecule has 0 bridgehead atoms. The largest absolute Gasteiger partial charge is 0.389 e. The van der Waals surface area contributed by atoms with Gasteiger partial charge in [0, 0.05) is 12.6 Å². The van der Waals surface area contributed by atoms with Crippen LogP contribution in [0.5, 0.6) is 0 Å². The van der Waals surface area contributed by atoms with Gasteiger partial charge in [0.15, 0.2) is 0 Å². The van der Waals surface area contributed by atoms with Gasteiger partial charge >= 0.3 is 0 Å². The van der Waals surface area contributed by atoms with E-state index in [0.29, 0.717) is 42.0 Å². The SMILES string of the molecule is CC1CCCCC1OCC(O)CNC1C(C)(C)C1(C)C. The van der Waals surface area contributed by atoms with Gasteiger partial charge in [-0.25, -0.2) is 0 Å². The van der Waals surface area contributed by atoms with Gasteiger partial charge in [-0.2, -0.15) is 0 Å². The molecule has 3 atom stereocenters. The quantitative estimate of drug-likeness (QED) is 0.787. The number of rotatable bonds is 6. The van der Waals surface area contributed by atoms with E-state index in [2.05, 4.69) is 39.9 Å². The lowest BCUT2D eigenvalue weighted by Gasteiger charge is -2.29. The third kappa shape index (κ3) is 3.20. The van der Waals surface area contributed by atoms with Gasteiger partial charge in [0.25, 0.3) is 0 Å². The highest BCUT2D eigenvalue weighted by molar-refractivity contribution is 5.17. The van der Waals surface area contributed by atoms with Gasteiger partial charge in [0.1, 0.15) is 0 Å². The van der Waals surface area contributed by atoms with Gasteiger partial charge in [-0.05, 0) is 29.6 Å². The summed E-state index contributed by atoms with van der Waals surface area (Å²) < 4.78 is 5.92. The van der Waals surface area contributed by atoms with Crippen LogP contribution in [0.2, 0.25) is 0 Å². The van der Waals surface area contributed by atoms with Crippen LogP contribution in [0.4, 0.5) is 0 Å². The molecule has 0 aromatic rings. The Hall–Kier alpha value is -0.120. The minimum atomic E-state index is -0.392. The summed E-state index contributed by atoms with van der Waals surface area (Å²) >= 11 is 0. The van der Waals surface area contributed by atoms with Crippen molar-refractivity contribution >= 4 is 0 Å². The van der Waals surface area contributed by atoms with Gasteiger partial charge in [0.2, 0.25) is 0 Å². The molecular weight excluding hydrogens is 250 g/mol. The van der Waals surface area contributed by atoms with E-state index in [1.807, 2.05) is 0 Å². The Bertz CT molecular complexity index is 313. The maximum atomic E-state index is 10.1. The molecule has 20 heavy (non-hydrogen) atoms. The molecule has 0 radical (unpaired) electrons. The number of nitrogens with one attached hydrogen (secondary N) is 1. The molecule has 3 heteroatoms. The number of hydrogen-bond acceptors (Lipinski definition) is 3. The fourth-order valence-corrected chi connectivity index (χ4v) is 3.78. The Morgan fingerprint density at radius 2 is 1.75 bits per heavy atom. The van der Waals surface area contributed by atoms with Crippen molar-refractivity contribution in [2.45, 2.75) is 78.6 Å². The van der Waals surface area contributed by atoms with Crippen LogP contribution in [-0.4, -0.2) is 36.5 Å². The third-order valence-electron chi connectivity index (χ3n) is 6.11. The summed E-state index contributed by atoms with van der Waals surface area (Å²) in [4.78, 5) is 0. The first-order valence-corrected chi connectivity index (χ1v) is 8.30. The third-order valence-corrected chi connectivity index (χ3v) is 6.11. The Morgan fingerprint density at radius 1 is 1.15 bits per heavy atom. The number of hydrogen-bond donors (Lipinski definition) is 2. The zero-order valence-corrected chi connectivity index (χ0v) is 13.9. The molecule has 0 aromatic carbocycles. The number of aliphatic hydroxyl groups excluding tert-OH is 1. The average Bonchev–Trinajstić information content (AvgIpc) is 2.76. The Kier molecular flexibility index (Phi) is 4.83. The highest BCUT2D eigenvalue weighted by atomic mass is 16.5. The predicted octanol–water partition coefficient (Wildman–Crippen LogP) is 2.97. The maximum Gasteiger partial charge on any atom is 0.0897 e. The minimum absolute atomic E-state index is 0.325. The average molecular weight is 283 g/mol. The van der Waals surface area contributed by atoms with Crippen LogP contribution in [0.1, 0.15) is 60.3 Å². The fraction of sp³-hybridized carbons (Fsp3) is 1.00.